The number of Topliss-reactive ketones (excluding diaryl/α,β-unsaturated/α-hetero) is 1. The van der Waals surface area contributed by atoms with Gasteiger partial charge in [-0.05, 0) is 40.1 Å². The average molecular weight is 343 g/mol. The fourth-order valence-corrected chi connectivity index (χ4v) is 3.53. The second-order valence-electron chi connectivity index (χ2n) is 6.97. The zero-order chi connectivity index (χ0) is 15.5. The molecule has 1 aromatic rings. The van der Waals surface area contributed by atoms with E-state index < -0.39 is 0 Å². The Morgan fingerprint density at radius 3 is 2.45 bits per heavy atom. The highest BCUT2D eigenvalue weighted by molar-refractivity contribution is 9.10. The molecule has 0 spiro atoms. The lowest BCUT2D eigenvalue weighted by Crippen LogP contribution is -2.16. The Labute approximate surface area is 131 Å². The normalized spacial score (nSPS) is 13.6. The van der Waals surface area contributed by atoms with Crippen LogP contribution in [0.4, 0.5) is 0 Å². The molecule has 0 bridgehead atoms. The van der Waals surface area contributed by atoms with Crippen LogP contribution in [0.5, 0.6) is 0 Å². The summed E-state index contributed by atoms with van der Waals surface area (Å²) in [5, 5.41) is 4.44. The van der Waals surface area contributed by atoms with E-state index in [1.54, 1.807) is 0 Å². The van der Waals surface area contributed by atoms with Crippen molar-refractivity contribution < 1.29 is 4.79 Å². The Hall–Kier alpha value is -0.640. The number of hydrogen-bond donors (Lipinski definition) is 0. The molecule has 1 rings (SSSR count). The number of ketones is 1. The number of halogens is 1. The monoisotopic (exact) mass is 342 g/mol. The first-order chi connectivity index (χ1) is 9.14. The van der Waals surface area contributed by atoms with Gasteiger partial charge < -0.3 is 0 Å². The Balaban J connectivity index is 2.65. The summed E-state index contributed by atoms with van der Waals surface area (Å²) in [6, 6.07) is 0. The van der Waals surface area contributed by atoms with Crippen LogP contribution >= 0.6 is 15.9 Å². The maximum Gasteiger partial charge on any atom is 0.139 e. The van der Waals surface area contributed by atoms with Crippen LogP contribution < -0.4 is 0 Å². The average Bonchev–Trinajstić information content (AvgIpc) is 2.53. The highest BCUT2D eigenvalue weighted by Gasteiger charge is 2.20. The van der Waals surface area contributed by atoms with Crippen LogP contribution in [0.3, 0.4) is 0 Å². The highest BCUT2D eigenvalue weighted by Crippen LogP contribution is 2.27. The summed E-state index contributed by atoms with van der Waals surface area (Å²) in [6.07, 6.45) is 3.07. The van der Waals surface area contributed by atoms with Crippen LogP contribution in [0.15, 0.2) is 4.47 Å². The topological polar surface area (TPSA) is 34.9 Å². The van der Waals surface area contributed by atoms with Gasteiger partial charge in [-0.25, -0.2) is 0 Å². The molecule has 0 saturated heterocycles. The Bertz CT molecular complexity index is 472. The predicted octanol–water partition coefficient (Wildman–Crippen LogP) is 4.32. The molecule has 1 atom stereocenters. The molecule has 0 aliphatic carbocycles. The minimum Gasteiger partial charge on any atom is -0.299 e. The number of aromatic nitrogens is 2. The summed E-state index contributed by atoms with van der Waals surface area (Å²) < 4.78 is 2.83. The lowest BCUT2D eigenvalue weighted by Gasteiger charge is -2.22. The van der Waals surface area contributed by atoms with Gasteiger partial charge in [0.2, 0.25) is 0 Å². The molecule has 3 nitrogen and oxygen atoms in total. The molecule has 1 unspecified atom stereocenters. The molecule has 0 aliphatic heterocycles. The minimum absolute atomic E-state index is 0.280. The predicted molar refractivity (Wildman–Crippen MR) is 86.9 cm³/mol. The van der Waals surface area contributed by atoms with Crippen molar-refractivity contribution >= 4 is 21.7 Å². The molecule has 4 heteroatoms. The van der Waals surface area contributed by atoms with Crippen molar-refractivity contribution in [3.05, 3.63) is 15.9 Å². The number of nitrogens with zero attached hydrogens (tertiary/aromatic N) is 2. The quantitative estimate of drug-likeness (QED) is 0.771. The number of rotatable bonds is 6. The third-order valence-electron chi connectivity index (χ3n) is 3.40. The van der Waals surface area contributed by atoms with Gasteiger partial charge >= 0.3 is 0 Å². The van der Waals surface area contributed by atoms with E-state index in [-0.39, 0.29) is 5.41 Å². The van der Waals surface area contributed by atoms with E-state index in [1.807, 2.05) is 11.7 Å². The standard InChI is InChI=1S/C16H27BrN2O/c1-7-13-15(17)14(19(6)18-13)9-12(20)8-11(2)10-16(3,4)5/h11H,7-10H2,1-6H3. The van der Waals surface area contributed by atoms with Gasteiger partial charge in [-0.1, -0.05) is 34.6 Å². The van der Waals surface area contributed by atoms with Crippen molar-refractivity contribution in [3.63, 3.8) is 0 Å². The van der Waals surface area contributed by atoms with Gasteiger partial charge in [-0.3, -0.25) is 9.48 Å². The smallest absolute Gasteiger partial charge is 0.139 e. The molecule has 0 saturated carbocycles. The fraction of sp³-hybridized carbons (Fsp3) is 0.750. The molecule has 114 valence electrons. The highest BCUT2D eigenvalue weighted by atomic mass is 79.9. The molecule has 0 radical (unpaired) electrons. The molecule has 20 heavy (non-hydrogen) atoms. The van der Waals surface area contributed by atoms with E-state index in [0.29, 0.717) is 24.5 Å². The fourth-order valence-electron chi connectivity index (χ4n) is 2.78. The molecule has 0 aliphatic rings. The Morgan fingerprint density at radius 1 is 1.40 bits per heavy atom. The number of carbonyl (C=O) groups is 1. The molecule has 1 aromatic heterocycles. The molecule has 0 amide bonds. The maximum absolute atomic E-state index is 12.2. The van der Waals surface area contributed by atoms with E-state index in [4.69, 9.17) is 0 Å². The third-order valence-corrected chi connectivity index (χ3v) is 4.32. The van der Waals surface area contributed by atoms with Crippen LogP contribution in [0, 0.1) is 11.3 Å². The van der Waals surface area contributed by atoms with E-state index in [9.17, 15) is 4.79 Å². The van der Waals surface area contributed by atoms with Gasteiger partial charge in [0.15, 0.2) is 0 Å². The SMILES string of the molecule is CCc1nn(C)c(CC(=O)CC(C)CC(C)(C)C)c1Br. The van der Waals surface area contributed by atoms with Crippen molar-refractivity contribution in [2.45, 2.75) is 60.3 Å². The van der Waals surface area contributed by atoms with Gasteiger partial charge in [0.1, 0.15) is 5.78 Å². The second kappa shape index (κ2) is 6.88. The zero-order valence-corrected chi connectivity index (χ0v) is 15.2. The molecular formula is C16H27BrN2O. The van der Waals surface area contributed by atoms with Crippen molar-refractivity contribution in [3.8, 4) is 0 Å². The van der Waals surface area contributed by atoms with Crippen LogP contribution in [-0.2, 0) is 24.7 Å². The number of carbonyl (C=O) groups excluding carboxylic acids is 1. The first-order valence-electron chi connectivity index (χ1n) is 7.36. The van der Waals surface area contributed by atoms with Crippen LogP contribution in [0.1, 0.15) is 58.8 Å². The van der Waals surface area contributed by atoms with Crippen molar-refractivity contribution in [2.24, 2.45) is 18.4 Å². The van der Waals surface area contributed by atoms with E-state index >= 15 is 0 Å². The van der Waals surface area contributed by atoms with E-state index in [1.165, 1.54) is 0 Å². The van der Waals surface area contributed by atoms with Gasteiger partial charge in [-0.15, -0.1) is 0 Å². The lowest BCUT2D eigenvalue weighted by atomic mass is 9.83. The second-order valence-corrected chi connectivity index (χ2v) is 7.77. The summed E-state index contributed by atoms with van der Waals surface area (Å²) in [7, 11) is 1.91. The van der Waals surface area contributed by atoms with Gasteiger partial charge in [-0.2, -0.15) is 5.10 Å². The van der Waals surface area contributed by atoms with Crippen molar-refractivity contribution in [2.75, 3.05) is 0 Å². The summed E-state index contributed by atoms with van der Waals surface area (Å²) in [4.78, 5) is 12.2. The summed E-state index contributed by atoms with van der Waals surface area (Å²) in [6.45, 7) is 10.9. The van der Waals surface area contributed by atoms with E-state index in [0.717, 1.165) is 28.7 Å². The van der Waals surface area contributed by atoms with Gasteiger partial charge in [0.05, 0.1) is 15.9 Å². The number of aryl methyl sites for hydroxylation is 2. The first-order valence-corrected chi connectivity index (χ1v) is 8.15. The molecule has 0 aromatic carbocycles. The summed E-state index contributed by atoms with van der Waals surface area (Å²) >= 11 is 3.57. The summed E-state index contributed by atoms with van der Waals surface area (Å²) in [5.74, 6) is 0.730. The molecule has 0 fully saturated rings. The zero-order valence-electron chi connectivity index (χ0n) is 13.6. The first kappa shape index (κ1) is 17.4. The van der Waals surface area contributed by atoms with Crippen LogP contribution in [-0.4, -0.2) is 15.6 Å². The van der Waals surface area contributed by atoms with Crippen LogP contribution in [0.2, 0.25) is 0 Å². The maximum atomic E-state index is 12.2. The van der Waals surface area contributed by atoms with Crippen molar-refractivity contribution in [1.82, 2.24) is 9.78 Å². The van der Waals surface area contributed by atoms with Crippen molar-refractivity contribution in [1.29, 1.82) is 0 Å². The van der Waals surface area contributed by atoms with Gasteiger partial charge in [0.25, 0.3) is 0 Å². The van der Waals surface area contributed by atoms with Gasteiger partial charge in [0, 0.05) is 19.9 Å². The number of hydrogen-bond acceptors (Lipinski definition) is 2. The Morgan fingerprint density at radius 2 is 2.00 bits per heavy atom. The largest absolute Gasteiger partial charge is 0.299 e. The molecular weight excluding hydrogens is 316 g/mol. The van der Waals surface area contributed by atoms with E-state index in [2.05, 4.69) is 55.6 Å². The Kier molecular flexibility index (Phi) is 5.99. The lowest BCUT2D eigenvalue weighted by molar-refractivity contribution is -0.119. The molecule has 0 N–H and O–H groups in total. The molecule has 1 heterocycles. The van der Waals surface area contributed by atoms with Crippen LogP contribution in [0.25, 0.3) is 0 Å². The third kappa shape index (κ3) is 5.04. The summed E-state index contributed by atoms with van der Waals surface area (Å²) in [5.41, 5.74) is 2.30. The minimum atomic E-state index is 0.280.